The van der Waals surface area contributed by atoms with E-state index >= 15 is 0 Å². The number of aromatic nitrogens is 6. The monoisotopic (exact) mass is 453 g/mol. The van der Waals surface area contributed by atoms with E-state index in [1.54, 1.807) is 16.9 Å². The number of aliphatic hydroxyl groups excluding tert-OH is 1. The molecule has 4 aromatic heterocycles. The lowest BCUT2D eigenvalue weighted by molar-refractivity contribution is -0.103. The lowest BCUT2D eigenvalue weighted by Gasteiger charge is -2.36. The van der Waals surface area contributed by atoms with Gasteiger partial charge in [0.15, 0.2) is 5.65 Å². The quantitative estimate of drug-likeness (QED) is 0.483. The van der Waals surface area contributed by atoms with Crippen LogP contribution in [0.5, 0.6) is 0 Å². The van der Waals surface area contributed by atoms with Crippen molar-refractivity contribution >= 4 is 22.6 Å². The van der Waals surface area contributed by atoms with Crippen LogP contribution in [0.15, 0.2) is 30.7 Å². The summed E-state index contributed by atoms with van der Waals surface area (Å²) in [5.74, 6) is -1.34. The molecule has 0 aromatic carbocycles. The van der Waals surface area contributed by atoms with Crippen molar-refractivity contribution in [3.05, 3.63) is 36.5 Å². The number of rotatable bonds is 4. The molecule has 0 atom stereocenters. The Morgan fingerprint density at radius 1 is 1.09 bits per heavy atom. The fraction of sp³-hybridized carbons (Fsp3) is 0.478. The summed E-state index contributed by atoms with van der Waals surface area (Å²) in [4.78, 5) is 13.5. The molecule has 2 saturated carbocycles. The van der Waals surface area contributed by atoms with Crippen molar-refractivity contribution in [2.45, 2.75) is 69.6 Å². The van der Waals surface area contributed by atoms with Crippen molar-refractivity contribution < 1.29 is 13.9 Å². The standard InChI is InChI=1S/C23H25F2N7O/c1-13-28-21-19(32(13)16-9-23(24,25)10-16)8-14(11-26-21)18-6-7-31-20(18)12-27-22(30-31)29-15-2-4-17(33)5-3-15/h6-8,11-12,15-17,33H,2-5,9-10H2,1H3,(H,29,30). The highest BCUT2D eigenvalue weighted by Gasteiger charge is 2.47. The van der Waals surface area contributed by atoms with Crippen LogP contribution in [0.1, 0.15) is 50.4 Å². The molecule has 2 fully saturated rings. The van der Waals surface area contributed by atoms with Gasteiger partial charge in [0.2, 0.25) is 5.95 Å². The maximum Gasteiger partial charge on any atom is 0.252 e. The predicted octanol–water partition coefficient (Wildman–Crippen LogP) is 4.14. The second kappa shape index (κ2) is 7.44. The van der Waals surface area contributed by atoms with Crippen LogP contribution >= 0.6 is 0 Å². The zero-order chi connectivity index (χ0) is 22.7. The van der Waals surface area contributed by atoms with Crippen LogP contribution in [0.25, 0.3) is 27.8 Å². The molecule has 4 aromatic rings. The van der Waals surface area contributed by atoms with E-state index in [0.717, 1.165) is 47.8 Å². The van der Waals surface area contributed by atoms with E-state index in [1.165, 1.54) is 0 Å². The SMILES string of the molecule is Cc1nc2ncc(-c3ccn4nc(NC5CCC(O)CC5)ncc34)cc2n1C1CC(F)(F)C1. The van der Waals surface area contributed by atoms with Gasteiger partial charge in [0, 0.05) is 48.4 Å². The molecule has 2 N–H and O–H groups in total. The summed E-state index contributed by atoms with van der Waals surface area (Å²) in [6, 6.07) is 3.92. The van der Waals surface area contributed by atoms with Gasteiger partial charge in [-0.25, -0.2) is 28.2 Å². The van der Waals surface area contributed by atoms with Gasteiger partial charge >= 0.3 is 0 Å². The number of halogens is 2. The zero-order valence-electron chi connectivity index (χ0n) is 18.2. The Hall–Kier alpha value is -3.14. The van der Waals surface area contributed by atoms with Gasteiger partial charge in [0.1, 0.15) is 5.82 Å². The van der Waals surface area contributed by atoms with Crippen molar-refractivity contribution in [3.63, 3.8) is 0 Å². The van der Waals surface area contributed by atoms with Crippen LogP contribution in [0.4, 0.5) is 14.7 Å². The first-order chi connectivity index (χ1) is 15.9. The number of hydrogen-bond acceptors (Lipinski definition) is 6. The molecule has 0 saturated heterocycles. The normalized spacial score (nSPS) is 23.2. The smallest absolute Gasteiger partial charge is 0.252 e. The summed E-state index contributed by atoms with van der Waals surface area (Å²) in [7, 11) is 0. The Labute approximate surface area is 188 Å². The van der Waals surface area contributed by atoms with E-state index in [2.05, 4.69) is 25.4 Å². The van der Waals surface area contributed by atoms with Crippen LogP contribution in [0.2, 0.25) is 0 Å². The van der Waals surface area contributed by atoms with Crippen molar-refractivity contribution in [1.82, 2.24) is 29.1 Å². The minimum Gasteiger partial charge on any atom is -0.393 e. The fourth-order valence-corrected chi connectivity index (χ4v) is 5.12. The Balaban J connectivity index is 1.31. The number of hydrogen-bond donors (Lipinski definition) is 2. The van der Waals surface area contributed by atoms with E-state index in [-0.39, 0.29) is 31.0 Å². The van der Waals surface area contributed by atoms with E-state index in [9.17, 15) is 13.9 Å². The molecule has 6 rings (SSSR count). The molecule has 33 heavy (non-hydrogen) atoms. The number of fused-ring (bicyclic) bond motifs is 2. The van der Waals surface area contributed by atoms with Crippen LogP contribution in [-0.2, 0) is 0 Å². The topological polar surface area (TPSA) is 93.2 Å². The number of imidazole rings is 1. The van der Waals surface area contributed by atoms with E-state index in [4.69, 9.17) is 0 Å². The number of pyridine rings is 1. The predicted molar refractivity (Wildman–Crippen MR) is 119 cm³/mol. The minimum atomic E-state index is -2.60. The lowest BCUT2D eigenvalue weighted by Crippen LogP contribution is -2.37. The van der Waals surface area contributed by atoms with Crippen molar-refractivity contribution in [1.29, 1.82) is 0 Å². The van der Waals surface area contributed by atoms with Gasteiger partial charge in [0.25, 0.3) is 5.92 Å². The Bertz CT molecular complexity index is 1330. The highest BCUT2D eigenvalue weighted by atomic mass is 19.3. The van der Waals surface area contributed by atoms with Crippen LogP contribution < -0.4 is 5.32 Å². The lowest BCUT2D eigenvalue weighted by atomic mass is 9.87. The Morgan fingerprint density at radius 3 is 2.64 bits per heavy atom. The second-order valence-corrected chi connectivity index (χ2v) is 9.30. The summed E-state index contributed by atoms with van der Waals surface area (Å²) in [6.07, 6.45) is 8.24. The average Bonchev–Trinajstić information content (AvgIpc) is 3.32. The molecule has 0 amide bonds. The molecule has 0 radical (unpaired) electrons. The molecule has 2 aliphatic rings. The van der Waals surface area contributed by atoms with Crippen molar-refractivity contribution in [2.24, 2.45) is 0 Å². The molecule has 0 bridgehead atoms. The first-order valence-corrected chi connectivity index (χ1v) is 11.4. The van der Waals surface area contributed by atoms with E-state index in [1.807, 2.05) is 29.8 Å². The van der Waals surface area contributed by atoms with E-state index in [0.29, 0.717) is 17.4 Å². The van der Waals surface area contributed by atoms with Crippen LogP contribution in [0.3, 0.4) is 0 Å². The summed E-state index contributed by atoms with van der Waals surface area (Å²) < 4.78 is 30.7. The van der Waals surface area contributed by atoms with Gasteiger partial charge in [0.05, 0.1) is 23.3 Å². The first-order valence-electron chi connectivity index (χ1n) is 11.4. The first kappa shape index (κ1) is 20.5. The van der Waals surface area contributed by atoms with Crippen molar-refractivity contribution in [3.8, 4) is 11.1 Å². The number of anilines is 1. The summed E-state index contributed by atoms with van der Waals surface area (Å²) in [5.41, 5.74) is 3.95. The third-order valence-corrected chi connectivity index (χ3v) is 6.91. The molecule has 0 aliphatic heterocycles. The summed E-state index contributed by atoms with van der Waals surface area (Å²) >= 11 is 0. The third-order valence-electron chi connectivity index (χ3n) is 6.91. The van der Waals surface area contributed by atoms with E-state index < -0.39 is 5.92 Å². The highest BCUT2D eigenvalue weighted by Crippen LogP contribution is 2.47. The van der Waals surface area contributed by atoms with Gasteiger partial charge in [-0.15, -0.1) is 5.10 Å². The highest BCUT2D eigenvalue weighted by molar-refractivity contribution is 5.85. The molecule has 8 nitrogen and oxygen atoms in total. The molecule has 10 heteroatoms. The number of alkyl halides is 2. The molecule has 0 unspecified atom stereocenters. The summed E-state index contributed by atoms with van der Waals surface area (Å²) in [6.45, 7) is 1.83. The maximum absolute atomic E-state index is 13.5. The number of nitrogens with one attached hydrogen (secondary N) is 1. The summed E-state index contributed by atoms with van der Waals surface area (Å²) in [5, 5.41) is 17.7. The van der Waals surface area contributed by atoms with Crippen LogP contribution in [0, 0.1) is 6.92 Å². The average molecular weight is 453 g/mol. The maximum atomic E-state index is 13.5. The molecule has 2 aliphatic carbocycles. The number of aliphatic hydroxyl groups is 1. The fourth-order valence-electron chi connectivity index (χ4n) is 5.12. The van der Waals surface area contributed by atoms with Gasteiger partial charge in [-0.05, 0) is 44.7 Å². The third kappa shape index (κ3) is 3.62. The molecular weight excluding hydrogens is 428 g/mol. The minimum absolute atomic E-state index is 0.164. The Morgan fingerprint density at radius 2 is 1.88 bits per heavy atom. The van der Waals surface area contributed by atoms with Gasteiger partial charge in [-0.3, -0.25) is 0 Å². The van der Waals surface area contributed by atoms with Gasteiger partial charge in [-0.1, -0.05) is 0 Å². The Kier molecular flexibility index (Phi) is 4.62. The molecular formula is C23H25F2N7O. The second-order valence-electron chi connectivity index (χ2n) is 9.30. The van der Waals surface area contributed by atoms with Crippen molar-refractivity contribution in [2.75, 3.05) is 5.32 Å². The molecule has 4 heterocycles. The zero-order valence-corrected chi connectivity index (χ0v) is 18.2. The van der Waals surface area contributed by atoms with Gasteiger partial charge < -0.3 is 15.0 Å². The molecule has 0 spiro atoms. The number of nitrogens with zero attached hydrogens (tertiary/aromatic N) is 6. The van der Waals surface area contributed by atoms with Crippen LogP contribution in [-0.4, -0.2) is 52.3 Å². The number of aryl methyl sites for hydroxylation is 1. The molecule has 172 valence electrons. The largest absolute Gasteiger partial charge is 0.393 e. The van der Waals surface area contributed by atoms with Gasteiger partial charge in [-0.2, -0.15) is 0 Å².